The van der Waals surface area contributed by atoms with Crippen LogP contribution in [0.1, 0.15) is 35.4 Å². The van der Waals surface area contributed by atoms with Gasteiger partial charge in [0.1, 0.15) is 0 Å². The maximum Gasteiger partial charge on any atom is 0.416 e. The molecule has 1 aliphatic rings. The summed E-state index contributed by atoms with van der Waals surface area (Å²) in [6.45, 7) is 1.69. The number of nitrogens with two attached hydrogens (primary N) is 1. The van der Waals surface area contributed by atoms with Gasteiger partial charge in [0.05, 0.1) is 5.56 Å². The predicted molar refractivity (Wildman–Crippen MR) is 64.2 cm³/mol. The van der Waals surface area contributed by atoms with Crippen molar-refractivity contribution in [2.45, 2.75) is 31.5 Å². The summed E-state index contributed by atoms with van der Waals surface area (Å²) in [6.07, 6.45) is -2.79. The minimum absolute atomic E-state index is 0.00491. The highest BCUT2D eigenvalue weighted by Gasteiger charge is 2.35. The van der Waals surface area contributed by atoms with Crippen molar-refractivity contribution >= 4 is 0 Å². The molecule has 18 heavy (non-hydrogen) atoms. The van der Waals surface area contributed by atoms with Crippen molar-refractivity contribution in [1.29, 1.82) is 0 Å². The second kappa shape index (κ2) is 5.28. The van der Waals surface area contributed by atoms with E-state index in [-0.39, 0.29) is 12.5 Å². The molecule has 1 fully saturated rings. The summed E-state index contributed by atoms with van der Waals surface area (Å²) in [5.74, 6) is -0.00491. The fourth-order valence-corrected chi connectivity index (χ4v) is 2.46. The van der Waals surface area contributed by atoms with Crippen LogP contribution in [0.3, 0.4) is 0 Å². The van der Waals surface area contributed by atoms with E-state index in [2.05, 4.69) is 5.32 Å². The highest BCUT2D eigenvalue weighted by molar-refractivity contribution is 5.37. The maximum atomic E-state index is 13.1. The van der Waals surface area contributed by atoms with E-state index in [1.807, 2.05) is 0 Å². The zero-order valence-electron chi connectivity index (χ0n) is 10.1. The Kier molecular flexibility index (Phi) is 3.92. The third kappa shape index (κ3) is 2.84. The molecule has 1 aliphatic heterocycles. The molecule has 1 heterocycles. The molecule has 0 amide bonds. The van der Waals surface area contributed by atoms with Gasteiger partial charge in [0.2, 0.25) is 0 Å². The molecule has 0 aromatic heterocycles. The number of nitrogens with one attached hydrogen (secondary N) is 1. The quantitative estimate of drug-likeness (QED) is 0.855. The van der Waals surface area contributed by atoms with Crippen LogP contribution in [0, 0.1) is 0 Å². The number of benzene rings is 1. The van der Waals surface area contributed by atoms with E-state index in [9.17, 15) is 13.2 Å². The van der Waals surface area contributed by atoms with E-state index in [0.717, 1.165) is 25.9 Å². The number of rotatable bonds is 2. The van der Waals surface area contributed by atoms with E-state index < -0.39 is 11.7 Å². The molecule has 1 aromatic rings. The van der Waals surface area contributed by atoms with Gasteiger partial charge < -0.3 is 11.1 Å². The van der Waals surface area contributed by atoms with E-state index in [1.54, 1.807) is 12.1 Å². The van der Waals surface area contributed by atoms with Gasteiger partial charge in [-0.1, -0.05) is 12.1 Å². The van der Waals surface area contributed by atoms with Crippen LogP contribution in [0.15, 0.2) is 18.2 Å². The molecule has 0 saturated carbocycles. The number of hydrogen-bond donors (Lipinski definition) is 2. The maximum absolute atomic E-state index is 13.1. The Hall–Kier alpha value is -1.07. The van der Waals surface area contributed by atoms with E-state index in [4.69, 9.17) is 5.73 Å². The SMILES string of the molecule is NCc1ccc(C2CCNCC2)c(C(F)(F)F)c1. The van der Waals surface area contributed by atoms with Crippen LogP contribution >= 0.6 is 0 Å². The minimum atomic E-state index is -4.30. The molecule has 100 valence electrons. The van der Waals surface area contributed by atoms with Gasteiger partial charge in [-0.15, -0.1) is 0 Å². The summed E-state index contributed by atoms with van der Waals surface area (Å²) in [5, 5.41) is 3.16. The average molecular weight is 258 g/mol. The molecule has 0 radical (unpaired) electrons. The van der Waals surface area contributed by atoms with Crippen LogP contribution in [0.5, 0.6) is 0 Å². The molecule has 2 rings (SSSR count). The Labute approximate surface area is 104 Å². The summed E-state index contributed by atoms with van der Waals surface area (Å²) in [6, 6.07) is 4.49. The fraction of sp³-hybridized carbons (Fsp3) is 0.538. The second-order valence-electron chi connectivity index (χ2n) is 4.65. The van der Waals surface area contributed by atoms with Crippen molar-refractivity contribution < 1.29 is 13.2 Å². The monoisotopic (exact) mass is 258 g/mol. The summed E-state index contributed by atoms with van der Waals surface area (Å²) in [7, 11) is 0. The van der Waals surface area contributed by atoms with Gasteiger partial charge in [-0.2, -0.15) is 13.2 Å². The summed E-state index contributed by atoms with van der Waals surface area (Å²) in [5.41, 5.74) is 5.84. The van der Waals surface area contributed by atoms with Gasteiger partial charge in [-0.25, -0.2) is 0 Å². The Bertz CT molecular complexity index is 409. The topological polar surface area (TPSA) is 38.0 Å². The van der Waals surface area contributed by atoms with Gasteiger partial charge in [-0.05, 0) is 49.0 Å². The van der Waals surface area contributed by atoms with Crippen LogP contribution < -0.4 is 11.1 Å². The van der Waals surface area contributed by atoms with Crippen LogP contribution in [0.25, 0.3) is 0 Å². The fourth-order valence-electron chi connectivity index (χ4n) is 2.46. The Morgan fingerprint density at radius 3 is 2.44 bits per heavy atom. The Morgan fingerprint density at radius 1 is 1.22 bits per heavy atom. The molecule has 0 atom stereocenters. The first kappa shape index (κ1) is 13.4. The highest BCUT2D eigenvalue weighted by atomic mass is 19.4. The van der Waals surface area contributed by atoms with Crippen LogP contribution in [0.4, 0.5) is 13.2 Å². The molecule has 0 unspecified atom stereocenters. The number of piperidine rings is 1. The second-order valence-corrected chi connectivity index (χ2v) is 4.65. The van der Waals surface area contributed by atoms with Gasteiger partial charge in [-0.3, -0.25) is 0 Å². The van der Waals surface area contributed by atoms with E-state index >= 15 is 0 Å². The van der Waals surface area contributed by atoms with Gasteiger partial charge >= 0.3 is 6.18 Å². The minimum Gasteiger partial charge on any atom is -0.326 e. The summed E-state index contributed by atoms with van der Waals surface area (Å²) >= 11 is 0. The smallest absolute Gasteiger partial charge is 0.326 e. The van der Waals surface area contributed by atoms with Crippen molar-refractivity contribution in [2.75, 3.05) is 13.1 Å². The molecule has 2 nitrogen and oxygen atoms in total. The average Bonchev–Trinajstić information content (AvgIpc) is 2.38. The molecule has 5 heteroatoms. The molecule has 0 spiro atoms. The van der Waals surface area contributed by atoms with Crippen molar-refractivity contribution in [3.05, 3.63) is 34.9 Å². The van der Waals surface area contributed by atoms with E-state index in [0.29, 0.717) is 11.1 Å². The van der Waals surface area contributed by atoms with Crippen molar-refractivity contribution in [2.24, 2.45) is 5.73 Å². The molecule has 3 N–H and O–H groups in total. The third-order valence-corrected chi connectivity index (χ3v) is 3.44. The standard InChI is InChI=1S/C13H17F3N2/c14-13(15,16)12-7-9(8-17)1-2-11(12)10-3-5-18-6-4-10/h1-2,7,10,18H,3-6,8,17H2. The molecular weight excluding hydrogens is 241 g/mol. The third-order valence-electron chi connectivity index (χ3n) is 3.44. The zero-order valence-corrected chi connectivity index (χ0v) is 10.1. The van der Waals surface area contributed by atoms with Gasteiger partial charge in [0.15, 0.2) is 0 Å². The molecular formula is C13H17F3N2. The first-order chi connectivity index (χ1) is 8.52. The summed E-state index contributed by atoms with van der Waals surface area (Å²) in [4.78, 5) is 0. The molecule has 1 saturated heterocycles. The summed E-state index contributed by atoms with van der Waals surface area (Å²) < 4.78 is 39.2. The lowest BCUT2D eigenvalue weighted by Gasteiger charge is -2.26. The molecule has 0 aliphatic carbocycles. The first-order valence-electron chi connectivity index (χ1n) is 6.13. The number of alkyl halides is 3. The zero-order chi connectivity index (χ0) is 13.2. The van der Waals surface area contributed by atoms with Crippen LogP contribution in [-0.4, -0.2) is 13.1 Å². The van der Waals surface area contributed by atoms with Gasteiger partial charge in [0.25, 0.3) is 0 Å². The lowest BCUT2D eigenvalue weighted by atomic mass is 9.86. The number of halogens is 3. The Morgan fingerprint density at radius 2 is 1.89 bits per heavy atom. The largest absolute Gasteiger partial charge is 0.416 e. The first-order valence-corrected chi connectivity index (χ1v) is 6.13. The lowest BCUT2D eigenvalue weighted by molar-refractivity contribution is -0.138. The molecule has 1 aromatic carbocycles. The Balaban J connectivity index is 2.38. The number of hydrogen-bond acceptors (Lipinski definition) is 2. The van der Waals surface area contributed by atoms with Crippen LogP contribution in [-0.2, 0) is 12.7 Å². The van der Waals surface area contributed by atoms with Crippen molar-refractivity contribution in [3.63, 3.8) is 0 Å². The highest BCUT2D eigenvalue weighted by Crippen LogP contribution is 2.38. The molecule has 0 bridgehead atoms. The van der Waals surface area contributed by atoms with Gasteiger partial charge in [0, 0.05) is 6.54 Å². The normalized spacial score (nSPS) is 18.0. The van der Waals surface area contributed by atoms with Crippen molar-refractivity contribution in [1.82, 2.24) is 5.32 Å². The predicted octanol–water partition coefficient (Wildman–Crippen LogP) is 2.63. The van der Waals surface area contributed by atoms with Crippen LogP contribution in [0.2, 0.25) is 0 Å². The lowest BCUT2D eigenvalue weighted by Crippen LogP contribution is -2.28. The van der Waals surface area contributed by atoms with Crippen molar-refractivity contribution in [3.8, 4) is 0 Å². The van der Waals surface area contributed by atoms with E-state index in [1.165, 1.54) is 6.07 Å².